The van der Waals surface area contributed by atoms with Crippen LogP contribution in [0.4, 0.5) is 0 Å². The van der Waals surface area contributed by atoms with E-state index in [4.69, 9.17) is 0 Å². The fraction of sp³-hybridized carbons (Fsp3) is 0.500. The summed E-state index contributed by atoms with van der Waals surface area (Å²) in [6.45, 7) is 2.86. The highest BCUT2D eigenvalue weighted by Crippen LogP contribution is 2.44. The topological polar surface area (TPSA) is 57.6 Å². The van der Waals surface area contributed by atoms with Crippen LogP contribution in [-0.4, -0.2) is 35.0 Å². The molecule has 112 valence electrons. The third-order valence-electron chi connectivity index (χ3n) is 4.63. The molecule has 0 aromatic heterocycles. The van der Waals surface area contributed by atoms with Crippen LogP contribution in [0.1, 0.15) is 28.8 Å². The highest BCUT2D eigenvalue weighted by molar-refractivity contribution is 14.1. The van der Waals surface area contributed by atoms with Gasteiger partial charge >= 0.3 is 5.97 Å². The number of benzene rings is 1. The van der Waals surface area contributed by atoms with Gasteiger partial charge in [-0.25, -0.2) is 0 Å². The summed E-state index contributed by atoms with van der Waals surface area (Å²) in [6.07, 6.45) is 2.22. The average molecular weight is 399 g/mol. The zero-order valence-electron chi connectivity index (χ0n) is 11.9. The smallest absolute Gasteiger partial charge is 0.308 e. The molecule has 1 aromatic carbocycles. The van der Waals surface area contributed by atoms with Crippen LogP contribution < -0.4 is 0 Å². The molecule has 1 saturated heterocycles. The molecule has 1 heterocycles. The summed E-state index contributed by atoms with van der Waals surface area (Å²) in [7, 11) is 0. The van der Waals surface area contributed by atoms with Crippen LogP contribution in [-0.2, 0) is 4.79 Å². The number of halogens is 1. The minimum atomic E-state index is -0.762. The third kappa shape index (κ3) is 2.80. The lowest BCUT2D eigenvalue weighted by Crippen LogP contribution is -2.31. The van der Waals surface area contributed by atoms with Gasteiger partial charge in [-0.2, -0.15) is 0 Å². The SMILES string of the molecule is Cc1cccc(I)c1C(=O)N1C[C@H](C(=O)O)[C@@H](C2CC2)C1. The van der Waals surface area contributed by atoms with Crippen LogP contribution in [0.25, 0.3) is 0 Å². The summed E-state index contributed by atoms with van der Waals surface area (Å²) in [5, 5.41) is 9.40. The van der Waals surface area contributed by atoms with E-state index >= 15 is 0 Å². The van der Waals surface area contributed by atoms with E-state index < -0.39 is 11.9 Å². The number of carbonyl (C=O) groups excluding carboxylic acids is 1. The van der Waals surface area contributed by atoms with Crippen LogP contribution >= 0.6 is 22.6 Å². The van der Waals surface area contributed by atoms with E-state index in [0.29, 0.717) is 19.0 Å². The number of likely N-dealkylation sites (tertiary alicyclic amines) is 1. The number of carboxylic acid groups (broad SMARTS) is 1. The van der Waals surface area contributed by atoms with Gasteiger partial charge in [0.25, 0.3) is 5.91 Å². The summed E-state index contributed by atoms with van der Waals surface area (Å²) in [5.41, 5.74) is 1.67. The number of carboxylic acids is 1. The normalized spacial score (nSPS) is 25.1. The van der Waals surface area contributed by atoms with E-state index in [-0.39, 0.29) is 11.8 Å². The number of aliphatic carboxylic acids is 1. The molecule has 1 aliphatic heterocycles. The second-order valence-corrected chi connectivity index (χ2v) is 7.25. The van der Waals surface area contributed by atoms with Gasteiger partial charge in [0, 0.05) is 16.7 Å². The van der Waals surface area contributed by atoms with E-state index in [1.54, 1.807) is 4.90 Å². The Hall–Kier alpha value is -1.11. The summed E-state index contributed by atoms with van der Waals surface area (Å²) < 4.78 is 0.930. The first-order chi connectivity index (χ1) is 9.99. The molecule has 1 aliphatic carbocycles. The van der Waals surface area contributed by atoms with Crippen molar-refractivity contribution in [2.24, 2.45) is 17.8 Å². The molecule has 5 heteroatoms. The summed E-state index contributed by atoms with van der Waals surface area (Å²) >= 11 is 2.17. The number of nitrogens with zero attached hydrogens (tertiary/aromatic N) is 1. The van der Waals surface area contributed by atoms with Crippen molar-refractivity contribution in [3.63, 3.8) is 0 Å². The molecule has 0 bridgehead atoms. The Bertz CT molecular complexity index is 577. The van der Waals surface area contributed by atoms with Crippen LogP contribution in [0.15, 0.2) is 18.2 Å². The zero-order chi connectivity index (χ0) is 15.1. The van der Waals surface area contributed by atoms with Gasteiger partial charge in [-0.15, -0.1) is 0 Å². The van der Waals surface area contributed by atoms with Crippen molar-refractivity contribution in [1.82, 2.24) is 4.90 Å². The third-order valence-corrected chi connectivity index (χ3v) is 5.53. The Morgan fingerprint density at radius 3 is 2.57 bits per heavy atom. The van der Waals surface area contributed by atoms with E-state index in [2.05, 4.69) is 22.6 Å². The van der Waals surface area contributed by atoms with Gasteiger partial charge in [0.1, 0.15) is 0 Å². The minimum Gasteiger partial charge on any atom is -0.481 e. The number of hydrogen-bond acceptors (Lipinski definition) is 2. The van der Waals surface area contributed by atoms with Crippen molar-refractivity contribution < 1.29 is 14.7 Å². The fourth-order valence-corrected chi connectivity index (χ4v) is 4.18. The van der Waals surface area contributed by atoms with Gasteiger partial charge in [-0.1, -0.05) is 12.1 Å². The Balaban J connectivity index is 1.84. The summed E-state index contributed by atoms with van der Waals surface area (Å²) in [5.74, 6) is -0.551. The highest BCUT2D eigenvalue weighted by Gasteiger charge is 2.47. The molecular formula is C16H18INO3. The van der Waals surface area contributed by atoms with Crippen molar-refractivity contribution in [3.05, 3.63) is 32.9 Å². The quantitative estimate of drug-likeness (QED) is 0.796. The first-order valence-electron chi connectivity index (χ1n) is 7.26. The van der Waals surface area contributed by atoms with E-state index in [1.807, 2.05) is 25.1 Å². The number of amides is 1. The molecule has 2 aliphatic rings. The van der Waals surface area contributed by atoms with Gasteiger partial charge in [0.15, 0.2) is 0 Å². The van der Waals surface area contributed by atoms with Crippen LogP contribution in [0, 0.1) is 28.2 Å². The summed E-state index contributed by atoms with van der Waals surface area (Å²) in [4.78, 5) is 26.0. The first kappa shape index (κ1) is 14.8. The Labute approximate surface area is 137 Å². The standard InChI is InChI=1S/C16H18INO3/c1-9-3-2-4-13(17)14(9)15(19)18-7-11(10-5-6-10)12(8-18)16(20)21/h2-4,10-12H,5-8H2,1H3,(H,20,21)/t11-,12+/m1/s1. The molecule has 1 N–H and O–H groups in total. The Morgan fingerprint density at radius 2 is 2.00 bits per heavy atom. The number of rotatable bonds is 3. The molecule has 2 fully saturated rings. The number of carbonyl (C=O) groups is 2. The lowest BCUT2D eigenvalue weighted by molar-refractivity contribution is -0.142. The molecule has 0 spiro atoms. The number of hydrogen-bond donors (Lipinski definition) is 1. The van der Waals surface area contributed by atoms with Crippen LogP contribution in [0.5, 0.6) is 0 Å². The maximum atomic E-state index is 12.8. The lowest BCUT2D eigenvalue weighted by atomic mass is 9.92. The first-order valence-corrected chi connectivity index (χ1v) is 8.34. The van der Waals surface area contributed by atoms with Gasteiger partial charge in [0.2, 0.25) is 0 Å². The van der Waals surface area contributed by atoms with E-state index in [1.165, 1.54) is 0 Å². The monoisotopic (exact) mass is 399 g/mol. The van der Waals surface area contributed by atoms with Crippen molar-refractivity contribution in [3.8, 4) is 0 Å². The van der Waals surface area contributed by atoms with Crippen molar-refractivity contribution in [2.45, 2.75) is 19.8 Å². The van der Waals surface area contributed by atoms with Gasteiger partial charge in [-0.3, -0.25) is 9.59 Å². The molecule has 21 heavy (non-hydrogen) atoms. The number of aryl methyl sites for hydroxylation is 1. The molecule has 0 unspecified atom stereocenters. The molecule has 3 rings (SSSR count). The lowest BCUT2D eigenvalue weighted by Gasteiger charge is -2.18. The molecule has 4 nitrogen and oxygen atoms in total. The predicted octanol–water partition coefficient (Wildman–Crippen LogP) is 2.78. The average Bonchev–Trinajstić information content (AvgIpc) is 3.16. The Kier molecular flexibility index (Phi) is 3.94. The maximum absolute atomic E-state index is 12.8. The molecule has 2 atom stereocenters. The van der Waals surface area contributed by atoms with Gasteiger partial charge in [0.05, 0.1) is 11.5 Å². The fourth-order valence-electron chi connectivity index (χ4n) is 3.32. The molecule has 1 aromatic rings. The summed E-state index contributed by atoms with van der Waals surface area (Å²) in [6, 6.07) is 5.79. The van der Waals surface area contributed by atoms with Crippen molar-refractivity contribution >= 4 is 34.5 Å². The molecule has 1 saturated carbocycles. The molecule has 1 amide bonds. The maximum Gasteiger partial charge on any atom is 0.308 e. The van der Waals surface area contributed by atoms with Crippen LogP contribution in [0.3, 0.4) is 0 Å². The largest absolute Gasteiger partial charge is 0.481 e. The van der Waals surface area contributed by atoms with E-state index in [9.17, 15) is 14.7 Å². The zero-order valence-corrected chi connectivity index (χ0v) is 14.0. The Morgan fingerprint density at radius 1 is 1.29 bits per heavy atom. The molecule has 0 radical (unpaired) electrons. The van der Waals surface area contributed by atoms with Crippen molar-refractivity contribution in [1.29, 1.82) is 0 Å². The van der Waals surface area contributed by atoms with Crippen molar-refractivity contribution in [2.75, 3.05) is 13.1 Å². The molecular weight excluding hydrogens is 381 g/mol. The van der Waals surface area contributed by atoms with Gasteiger partial charge < -0.3 is 10.0 Å². The second-order valence-electron chi connectivity index (χ2n) is 6.09. The minimum absolute atomic E-state index is 0.0214. The van der Waals surface area contributed by atoms with E-state index in [0.717, 1.165) is 27.5 Å². The predicted molar refractivity (Wildman–Crippen MR) is 87.1 cm³/mol. The highest BCUT2D eigenvalue weighted by atomic mass is 127. The van der Waals surface area contributed by atoms with Crippen LogP contribution in [0.2, 0.25) is 0 Å². The second kappa shape index (κ2) is 5.59. The van der Waals surface area contributed by atoms with Gasteiger partial charge in [-0.05, 0) is 65.8 Å².